The second kappa shape index (κ2) is 7.80. The molecule has 28 heavy (non-hydrogen) atoms. The molecule has 4 rings (SSSR count). The highest BCUT2D eigenvalue weighted by molar-refractivity contribution is 5.77. The number of rotatable bonds is 7. The molecular weight excluding hydrogens is 354 g/mol. The summed E-state index contributed by atoms with van der Waals surface area (Å²) >= 11 is 0. The molecule has 144 valence electrons. The minimum atomic E-state index is -0.190. The third kappa shape index (κ3) is 3.60. The van der Waals surface area contributed by atoms with Gasteiger partial charge in [0.15, 0.2) is 0 Å². The maximum absolute atomic E-state index is 12.2. The van der Waals surface area contributed by atoms with Crippen molar-refractivity contribution in [1.29, 1.82) is 0 Å². The summed E-state index contributed by atoms with van der Waals surface area (Å²) in [6.07, 6.45) is 1.05. The Morgan fingerprint density at radius 2 is 1.79 bits per heavy atom. The van der Waals surface area contributed by atoms with Crippen LogP contribution in [0.15, 0.2) is 48.5 Å². The van der Waals surface area contributed by atoms with Crippen molar-refractivity contribution in [1.82, 2.24) is 24.5 Å². The lowest BCUT2D eigenvalue weighted by Gasteiger charge is -2.12. The van der Waals surface area contributed by atoms with Crippen LogP contribution in [0.1, 0.15) is 32.5 Å². The molecule has 2 aromatic carbocycles. The van der Waals surface area contributed by atoms with Gasteiger partial charge in [0, 0.05) is 6.54 Å². The predicted molar refractivity (Wildman–Crippen MR) is 107 cm³/mol. The van der Waals surface area contributed by atoms with Crippen molar-refractivity contribution >= 4 is 28.0 Å². The van der Waals surface area contributed by atoms with Crippen molar-refractivity contribution in [3.05, 3.63) is 54.4 Å². The molecule has 4 aromatic rings. The Labute approximate surface area is 162 Å². The Morgan fingerprint density at radius 3 is 2.57 bits per heavy atom. The van der Waals surface area contributed by atoms with Crippen molar-refractivity contribution in [3.8, 4) is 0 Å². The molecule has 2 heterocycles. The molecule has 0 saturated carbocycles. The number of carbonyl (C=O) groups excluding carboxylic acids is 1. The zero-order valence-corrected chi connectivity index (χ0v) is 16.1. The molecule has 0 radical (unpaired) electrons. The largest absolute Gasteiger partial charge is 0.463 e. The van der Waals surface area contributed by atoms with E-state index in [4.69, 9.17) is 9.72 Å². The van der Waals surface area contributed by atoms with Crippen molar-refractivity contribution in [3.63, 3.8) is 0 Å². The maximum Gasteiger partial charge on any atom is 0.307 e. The van der Waals surface area contributed by atoms with Gasteiger partial charge in [0.25, 0.3) is 0 Å². The van der Waals surface area contributed by atoms with Crippen LogP contribution >= 0.6 is 0 Å². The maximum atomic E-state index is 12.2. The van der Waals surface area contributed by atoms with Crippen LogP contribution < -0.4 is 0 Å². The van der Waals surface area contributed by atoms with Crippen LogP contribution in [-0.2, 0) is 22.6 Å². The quantitative estimate of drug-likeness (QED) is 0.460. The number of hydrogen-bond donors (Lipinski definition) is 0. The summed E-state index contributed by atoms with van der Waals surface area (Å²) in [5.74, 6) is 0.650. The van der Waals surface area contributed by atoms with Gasteiger partial charge < -0.3 is 9.30 Å². The van der Waals surface area contributed by atoms with Gasteiger partial charge >= 0.3 is 5.97 Å². The molecule has 0 fully saturated rings. The molecule has 7 nitrogen and oxygen atoms in total. The lowest BCUT2D eigenvalue weighted by molar-refractivity contribution is -0.148. The van der Waals surface area contributed by atoms with Gasteiger partial charge in [0.2, 0.25) is 0 Å². The van der Waals surface area contributed by atoms with Gasteiger partial charge in [-0.15, -0.1) is 5.10 Å². The van der Waals surface area contributed by atoms with Crippen molar-refractivity contribution in [2.75, 3.05) is 0 Å². The summed E-state index contributed by atoms with van der Waals surface area (Å²) in [4.78, 5) is 16.9. The Kier molecular flexibility index (Phi) is 5.06. The second-order valence-corrected chi connectivity index (χ2v) is 6.86. The van der Waals surface area contributed by atoms with E-state index >= 15 is 0 Å². The van der Waals surface area contributed by atoms with Crippen LogP contribution in [0.2, 0.25) is 0 Å². The molecular formula is C21H23N5O2. The van der Waals surface area contributed by atoms with Crippen LogP contribution in [0.4, 0.5) is 0 Å². The van der Waals surface area contributed by atoms with Crippen LogP contribution in [-0.4, -0.2) is 36.6 Å². The predicted octanol–water partition coefficient (Wildman–Crippen LogP) is 3.56. The first-order valence-corrected chi connectivity index (χ1v) is 9.57. The van der Waals surface area contributed by atoms with E-state index in [2.05, 4.69) is 14.9 Å². The third-order valence-corrected chi connectivity index (χ3v) is 4.89. The molecule has 0 aliphatic rings. The summed E-state index contributed by atoms with van der Waals surface area (Å²) < 4.78 is 9.32. The van der Waals surface area contributed by atoms with E-state index in [0.29, 0.717) is 19.5 Å². The zero-order valence-electron chi connectivity index (χ0n) is 16.1. The first kappa shape index (κ1) is 18.2. The van der Waals surface area contributed by atoms with Gasteiger partial charge in [-0.25, -0.2) is 9.67 Å². The number of fused-ring (bicyclic) bond motifs is 2. The van der Waals surface area contributed by atoms with E-state index in [-0.39, 0.29) is 12.1 Å². The van der Waals surface area contributed by atoms with E-state index in [9.17, 15) is 4.79 Å². The van der Waals surface area contributed by atoms with Crippen molar-refractivity contribution in [2.45, 2.75) is 45.9 Å². The molecule has 0 aliphatic heterocycles. The molecule has 7 heteroatoms. The Bertz CT molecular complexity index is 1110. The zero-order chi connectivity index (χ0) is 19.5. The fraction of sp³-hybridized carbons (Fsp3) is 0.333. The Hall–Kier alpha value is -3.22. The number of esters is 1. The average Bonchev–Trinajstić information content (AvgIpc) is 3.28. The number of imidazole rings is 1. The molecule has 0 bridgehead atoms. The van der Waals surface area contributed by atoms with Crippen LogP contribution in [0.3, 0.4) is 0 Å². The molecule has 0 amide bonds. The summed E-state index contributed by atoms with van der Waals surface area (Å²) in [6, 6.07) is 15.8. The molecule has 0 N–H and O–H groups in total. The molecule has 0 aliphatic carbocycles. The molecule has 0 saturated heterocycles. The fourth-order valence-corrected chi connectivity index (χ4v) is 3.23. The van der Waals surface area contributed by atoms with Gasteiger partial charge in [0.1, 0.15) is 17.9 Å². The van der Waals surface area contributed by atoms with Crippen molar-refractivity contribution in [2.24, 2.45) is 0 Å². The number of nitrogens with zero attached hydrogens (tertiary/aromatic N) is 5. The average molecular weight is 377 g/mol. The molecule has 0 spiro atoms. The normalized spacial score (nSPS) is 12.5. The van der Waals surface area contributed by atoms with Gasteiger partial charge in [-0.2, -0.15) is 0 Å². The lowest BCUT2D eigenvalue weighted by Crippen LogP contribution is -2.17. The second-order valence-electron chi connectivity index (χ2n) is 6.86. The summed E-state index contributed by atoms with van der Waals surface area (Å²) in [5.41, 5.74) is 3.70. The number of benzene rings is 2. The first-order valence-electron chi connectivity index (χ1n) is 9.57. The van der Waals surface area contributed by atoms with Crippen LogP contribution in [0, 0.1) is 0 Å². The van der Waals surface area contributed by atoms with Gasteiger partial charge in [-0.1, -0.05) is 36.4 Å². The summed E-state index contributed by atoms with van der Waals surface area (Å²) in [6.45, 7) is 4.90. The highest BCUT2D eigenvalue weighted by Gasteiger charge is 2.15. The SMILES string of the molecule is CCC(C)OC(=O)CCn1c(Cn2nnc3ccccc32)nc2ccccc21. The molecule has 1 unspecified atom stereocenters. The first-order chi connectivity index (χ1) is 13.7. The monoisotopic (exact) mass is 377 g/mol. The highest BCUT2D eigenvalue weighted by atomic mass is 16.5. The molecule has 1 atom stereocenters. The Morgan fingerprint density at radius 1 is 1.07 bits per heavy atom. The Balaban J connectivity index is 1.62. The lowest BCUT2D eigenvalue weighted by atomic mass is 10.3. The number of para-hydroxylation sites is 3. The van der Waals surface area contributed by atoms with E-state index in [1.807, 2.05) is 67.1 Å². The van der Waals surface area contributed by atoms with Crippen LogP contribution in [0.5, 0.6) is 0 Å². The summed E-state index contributed by atoms with van der Waals surface area (Å²) in [7, 11) is 0. The van der Waals surface area contributed by atoms with E-state index in [1.54, 1.807) is 0 Å². The number of hydrogen-bond acceptors (Lipinski definition) is 5. The van der Waals surface area contributed by atoms with Gasteiger partial charge in [0.05, 0.1) is 29.1 Å². The van der Waals surface area contributed by atoms with Gasteiger partial charge in [-0.3, -0.25) is 4.79 Å². The minimum Gasteiger partial charge on any atom is -0.463 e. The standard InChI is InChI=1S/C21H23N5O2/c1-3-15(2)28-21(27)12-13-25-18-10-6-4-8-16(18)22-20(25)14-26-19-11-7-5-9-17(19)23-24-26/h4-11,15H,3,12-14H2,1-2H3. The number of aryl methyl sites for hydroxylation is 1. The smallest absolute Gasteiger partial charge is 0.307 e. The van der Waals surface area contributed by atoms with Crippen LogP contribution in [0.25, 0.3) is 22.1 Å². The van der Waals surface area contributed by atoms with E-state index in [1.165, 1.54) is 0 Å². The van der Waals surface area contributed by atoms with Crippen molar-refractivity contribution < 1.29 is 9.53 Å². The summed E-state index contributed by atoms with van der Waals surface area (Å²) in [5, 5.41) is 8.49. The minimum absolute atomic E-state index is 0.0620. The van der Waals surface area contributed by atoms with E-state index in [0.717, 1.165) is 34.3 Å². The fourth-order valence-electron chi connectivity index (χ4n) is 3.23. The topological polar surface area (TPSA) is 74.8 Å². The number of carbonyl (C=O) groups is 1. The number of ether oxygens (including phenoxy) is 1. The third-order valence-electron chi connectivity index (χ3n) is 4.89. The van der Waals surface area contributed by atoms with Gasteiger partial charge in [-0.05, 0) is 37.6 Å². The van der Waals surface area contributed by atoms with E-state index < -0.39 is 0 Å². The number of aromatic nitrogens is 5. The highest BCUT2D eigenvalue weighted by Crippen LogP contribution is 2.19. The molecule has 2 aromatic heterocycles.